The summed E-state index contributed by atoms with van der Waals surface area (Å²) in [5.74, 6) is 0.703. The number of likely N-dealkylation sites (N-methyl/N-ethyl adjacent to an activating group) is 1. The maximum atomic E-state index is 13.4. The van der Waals surface area contributed by atoms with Gasteiger partial charge >= 0.3 is 5.97 Å². The lowest BCUT2D eigenvalue weighted by molar-refractivity contribution is -0.154. The molecule has 9 heteroatoms. The van der Waals surface area contributed by atoms with Gasteiger partial charge in [0.15, 0.2) is 0 Å². The first-order valence-corrected chi connectivity index (χ1v) is 13.3. The fraction of sp³-hybridized carbons (Fsp3) is 0.500. The Morgan fingerprint density at radius 3 is 2.40 bits per heavy atom. The Morgan fingerprint density at radius 2 is 1.80 bits per heavy atom. The maximum absolute atomic E-state index is 13.4. The van der Waals surface area contributed by atoms with Gasteiger partial charge in [0.1, 0.15) is 17.9 Å². The highest BCUT2D eigenvalue weighted by atomic mass is 32.2. The van der Waals surface area contributed by atoms with E-state index in [9.17, 15) is 13.2 Å². The highest BCUT2D eigenvalue weighted by Gasteiger charge is 2.31. The monoisotopic (exact) mass is 500 g/mol. The van der Waals surface area contributed by atoms with Crippen molar-refractivity contribution in [2.75, 3.05) is 13.7 Å². The molecule has 0 amide bonds. The van der Waals surface area contributed by atoms with Gasteiger partial charge in [-0.05, 0) is 63.8 Å². The fourth-order valence-electron chi connectivity index (χ4n) is 3.83. The molecule has 0 aliphatic carbocycles. The number of ether oxygens (including phenoxy) is 1. The number of fused-ring (bicyclic) bond motifs is 1. The van der Waals surface area contributed by atoms with Gasteiger partial charge in [0.25, 0.3) is 0 Å². The number of pyridine rings is 1. The Balaban J connectivity index is 1.78. The van der Waals surface area contributed by atoms with E-state index < -0.39 is 21.5 Å². The van der Waals surface area contributed by atoms with Crippen molar-refractivity contribution < 1.29 is 17.9 Å². The third kappa shape index (κ3) is 6.46. The fourth-order valence-corrected chi connectivity index (χ4v) is 5.18. The second-order valence-corrected chi connectivity index (χ2v) is 12.4. The van der Waals surface area contributed by atoms with E-state index in [4.69, 9.17) is 4.74 Å². The molecule has 1 atom stereocenters. The number of benzene rings is 1. The smallest absolute Gasteiger partial charge is 0.311 e. The van der Waals surface area contributed by atoms with E-state index in [1.807, 2.05) is 26.8 Å². The second-order valence-electron chi connectivity index (χ2n) is 10.4. The van der Waals surface area contributed by atoms with Crippen molar-refractivity contribution in [3.05, 3.63) is 53.6 Å². The van der Waals surface area contributed by atoms with E-state index in [2.05, 4.69) is 15.0 Å². The zero-order valence-corrected chi connectivity index (χ0v) is 22.4. The normalized spacial score (nSPS) is 13.5. The van der Waals surface area contributed by atoms with Crippen LogP contribution in [0.2, 0.25) is 0 Å². The summed E-state index contributed by atoms with van der Waals surface area (Å²) in [5.41, 5.74) is 2.87. The predicted octanol–water partition coefficient (Wildman–Crippen LogP) is 4.48. The molecule has 8 nitrogen and oxygen atoms in total. The highest BCUT2D eigenvalue weighted by molar-refractivity contribution is 7.89. The minimum absolute atomic E-state index is 0.0147. The Hall–Kier alpha value is -2.78. The number of nitrogens with zero attached hydrogens (tertiary/aromatic N) is 3. The van der Waals surface area contributed by atoms with Crippen LogP contribution < -0.4 is 0 Å². The molecule has 0 bridgehead atoms. The summed E-state index contributed by atoms with van der Waals surface area (Å²) in [4.78, 5) is 24.7. The van der Waals surface area contributed by atoms with Crippen LogP contribution >= 0.6 is 0 Å². The molecule has 35 heavy (non-hydrogen) atoms. The van der Waals surface area contributed by atoms with E-state index in [0.717, 1.165) is 28.1 Å². The van der Waals surface area contributed by atoms with Crippen molar-refractivity contribution in [2.45, 2.75) is 65.3 Å². The minimum atomic E-state index is -3.78. The molecular formula is C26H36N4O4S. The summed E-state index contributed by atoms with van der Waals surface area (Å²) < 4.78 is 33.6. The number of carbonyl (C=O) groups excluding carboxylic acids is 1. The number of hydrogen-bond acceptors (Lipinski definition) is 6. The van der Waals surface area contributed by atoms with Gasteiger partial charge in [-0.2, -0.15) is 4.31 Å². The minimum Gasteiger partial charge on any atom is -0.464 e. The third-order valence-corrected chi connectivity index (χ3v) is 7.77. The Kier molecular flexibility index (Phi) is 8.01. The molecule has 0 fully saturated rings. The van der Waals surface area contributed by atoms with Crippen molar-refractivity contribution in [3.63, 3.8) is 0 Å². The summed E-state index contributed by atoms with van der Waals surface area (Å²) in [6.07, 6.45) is 2.85. The number of esters is 1. The highest BCUT2D eigenvalue weighted by Crippen LogP contribution is 2.24. The van der Waals surface area contributed by atoms with E-state index in [1.165, 1.54) is 4.31 Å². The molecule has 0 unspecified atom stereocenters. The lowest BCUT2D eigenvalue weighted by Crippen LogP contribution is -2.42. The number of sulfonamides is 1. The Labute approximate surface area is 208 Å². The molecule has 1 N–H and O–H groups in total. The number of aromatic nitrogens is 3. The largest absolute Gasteiger partial charge is 0.464 e. The average molecular weight is 501 g/mol. The third-order valence-electron chi connectivity index (χ3n) is 5.84. The van der Waals surface area contributed by atoms with Crippen LogP contribution in [0.4, 0.5) is 0 Å². The topological polar surface area (TPSA) is 105 Å². The lowest BCUT2D eigenvalue weighted by Gasteiger charge is -2.29. The lowest BCUT2D eigenvalue weighted by atomic mass is 9.97. The van der Waals surface area contributed by atoms with Crippen LogP contribution in [0.25, 0.3) is 11.0 Å². The molecule has 0 radical (unpaired) electrons. The zero-order valence-electron chi connectivity index (χ0n) is 21.6. The van der Waals surface area contributed by atoms with Crippen molar-refractivity contribution in [3.8, 4) is 0 Å². The van der Waals surface area contributed by atoms with Crippen LogP contribution in [0.15, 0.2) is 41.4 Å². The quantitative estimate of drug-likeness (QED) is 0.434. The van der Waals surface area contributed by atoms with Crippen LogP contribution in [0.3, 0.4) is 0 Å². The van der Waals surface area contributed by atoms with Crippen LogP contribution in [-0.2, 0) is 26.0 Å². The van der Waals surface area contributed by atoms with Gasteiger partial charge in [0.05, 0.1) is 27.6 Å². The van der Waals surface area contributed by atoms with Gasteiger partial charge in [0.2, 0.25) is 10.0 Å². The molecule has 0 spiro atoms. The first-order valence-electron chi connectivity index (χ1n) is 11.8. The van der Waals surface area contributed by atoms with Gasteiger partial charge in [-0.3, -0.25) is 9.78 Å². The average Bonchev–Trinajstić information content (AvgIpc) is 3.16. The number of H-pyrrole nitrogens is 1. The van der Waals surface area contributed by atoms with Gasteiger partial charge < -0.3 is 9.72 Å². The molecule has 2 aromatic heterocycles. The van der Waals surface area contributed by atoms with Crippen LogP contribution in [0.5, 0.6) is 0 Å². The first kappa shape index (κ1) is 26.8. The molecule has 190 valence electrons. The molecular weight excluding hydrogens is 464 g/mol. The van der Waals surface area contributed by atoms with Crippen LogP contribution in [0, 0.1) is 18.3 Å². The van der Waals surface area contributed by atoms with E-state index >= 15 is 0 Å². The molecule has 0 aliphatic heterocycles. The standard InChI is InChI=1S/C26H36N4O4S/c1-17(2)14-20(16-34-25(31)26(4,5)6)30(7)35(32,33)21-10-8-19(9-11-21)15-23-24-22(12-13-27-23)28-18(3)29-24/h8-13,17,20H,14-16H2,1-7H3,(H,28,29)/t20-/m0/s1. The zero-order chi connectivity index (χ0) is 26.0. The molecule has 2 heterocycles. The summed E-state index contributed by atoms with van der Waals surface area (Å²) in [6.45, 7) is 11.3. The predicted molar refractivity (Wildman–Crippen MR) is 136 cm³/mol. The van der Waals surface area contributed by atoms with Crippen LogP contribution in [0.1, 0.15) is 58.1 Å². The number of hydrogen-bond donors (Lipinski definition) is 1. The summed E-state index contributed by atoms with van der Waals surface area (Å²) in [5, 5.41) is 0. The number of nitrogens with one attached hydrogen (secondary N) is 1. The van der Waals surface area contributed by atoms with Gasteiger partial charge in [-0.1, -0.05) is 26.0 Å². The van der Waals surface area contributed by atoms with Crippen molar-refractivity contribution in [2.24, 2.45) is 11.3 Å². The molecule has 0 saturated heterocycles. The molecule has 1 aromatic carbocycles. The maximum Gasteiger partial charge on any atom is 0.311 e. The Bertz CT molecular complexity index is 1270. The summed E-state index contributed by atoms with van der Waals surface area (Å²) in [6, 6.07) is 8.26. The number of aromatic amines is 1. The van der Waals surface area contributed by atoms with E-state index in [-0.39, 0.29) is 23.4 Å². The van der Waals surface area contributed by atoms with Gasteiger partial charge in [-0.15, -0.1) is 0 Å². The summed E-state index contributed by atoms with van der Waals surface area (Å²) >= 11 is 0. The van der Waals surface area contributed by atoms with Crippen molar-refractivity contribution >= 4 is 27.0 Å². The molecule has 3 aromatic rings. The Morgan fingerprint density at radius 1 is 1.14 bits per heavy atom. The van der Waals surface area contributed by atoms with Crippen molar-refractivity contribution in [1.82, 2.24) is 19.3 Å². The van der Waals surface area contributed by atoms with Crippen LogP contribution in [-0.4, -0.2) is 53.3 Å². The number of aryl methyl sites for hydroxylation is 1. The second kappa shape index (κ2) is 10.5. The molecule has 0 saturated carbocycles. The first-order chi connectivity index (χ1) is 16.3. The SMILES string of the molecule is Cc1nc2c(Cc3ccc(S(=O)(=O)N(C)[C@H](COC(=O)C(C)(C)C)CC(C)C)cc3)nccc2[nH]1. The van der Waals surface area contributed by atoms with E-state index in [1.54, 1.807) is 58.3 Å². The summed E-state index contributed by atoms with van der Waals surface area (Å²) in [7, 11) is -2.23. The molecule has 3 rings (SSSR count). The molecule has 0 aliphatic rings. The number of rotatable bonds is 9. The number of carbonyl (C=O) groups is 1. The van der Waals surface area contributed by atoms with Gasteiger partial charge in [0, 0.05) is 19.7 Å². The number of imidazole rings is 1. The van der Waals surface area contributed by atoms with Crippen molar-refractivity contribution in [1.29, 1.82) is 0 Å². The van der Waals surface area contributed by atoms with E-state index in [0.29, 0.717) is 12.8 Å². The van der Waals surface area contributed by atoms with Gasteiger partial charge in [-0.25, -0.2) is 13.4 Å².